The monoisotopic (exact) mass is 401 g/mol. The Kier molecular flexibility index (Phi) is 8.31. The fourth-order valence-electron chi connectivity index (χ4n) is 2.75. The first kappa shape index (κ1) is 22.8. The van der Waals surface area contributed by atoms with Crippen LogP contribution in [0.3, 0.4) is 0 Å². The third-order valence-corrected chi connectivity index (χ3v) is 4.00. The van der Waals surface area contributed by atoms with Crippen molar-refractivity contribution in [1.29, 1.82) is 0 Å². The molecule has 0 bridgehead atoms. The number of nitrogens with zero attached hydrogens (tertiary/aromatic N) is 1. The molecule has 4 amide bonds. The van der Waals surface area contributed by atoms with Gasteiger partial charge in [-0.15, -0.1) is 0 Å². The van der Waals surface area contributed by atoms with Crippen LogP contribution in [0.5, 0.6) is 0 Å². The topological polar surface area (TPSA) is 222 Å². The first-order valence-electron chi connectivity index (χ1n) is 8.39. The van der Waals surface area contributed by atoms with Crippen LogP contribution in [-0.4, -0.2) is 81.9 Å². The minimum Gasteiger partial charge on any atom is -0.481 e. The number of carboxylic acids is 2. The predicted molar refractivity (Wildman–Crippen MR) is 91.4 cm³/mol. The summed E-state index contributed by atoms with van der Waals surface area (Å²) in [7, 11) is 0. The van der Waals surface area contributed by atoms with Crippen LogP contribution in [0.25, 0.3) is 0 Å². The summed E-state index contributed by atoms with van der Waals surface area (Å²) in [4.78, 5) is 70.5. The molecule has 0 spiro atoms. The molecule has 3 unspecified atom stereocenters. The van der Waals surface area contributed by atoms with Crippen LogP contribution in [0.2, 0.25) is 0 Å². The molecule has 1 rings (SSSR count). The molecule has 0 aromatic carbocycles. The van der Waals surface area contributed by atoms with Gasteiger partial charge in [0.05, 0.1) is 18.9 Å². The van der Waals surface area contributed by atoms with Gasteiger partial charge in [0.25, 0.3) is 0 Å². The Morgan fingerprint density at radius 2 is 1.71 bits per heavy atom. The third kappa shape index (κ3) is 6.83. The lowest BCUT2D eigenvalue weighted by Gasteiger charge is -2.28. The first-order valence-corrected chi connectivity index (χ1v) is 8.39. The number of carbonyl (C=O) groups is 6. The van der Waals surface area contributed by atoms with Crippen LogP contribution < -0.4 is 22.1 Å². The average Bonchev–Trinajstić information content (AvgIpc) is 3.06. The van der Waals surface area contributed by atoms with Gasteiger partial charge in [0.2, 0.25) is 23.6 Å². The quantitative estimate of drug-likeness (QED) is 0.212. The van der Waals surface area contributed by atoms with Gasteiger partial charge < -0.3 is 37.2 Å². The van der Waals surface area contributed by atoms with Crippen molar-refractivity contribution in [3.8, 4) is 0 Å². The molecular formula is C15H23N5O8. The fourth-order valence-corrected chi connectivity index (χ4v) is 2.75. The van der Waals surface area contributed by atoms with Crippen LogP contribution in [-0.2, 0) is 28.8 Å². The number of aliphatic carboxylic acids is 2. The highest BCUT2D eigenvalue weighted by Crippen LogP contribution is 2.19. The molecule has 13 heteroatoms. The minimum atomic E-state index is -1.52. The van der Waals surface area contributed by atoms with E-state index in [0.29, 0.717) is 6.42 Å². The number of likely N-dealkylation sites (tertiary alicyclic amines) is 1. The van der Waals surface area contributed by atoms with E-state index in [2.05, 4.69) is 10.6 Å². The molecule has 0 radical (unpaired) electrons. The molecule has 3 atom stereocenters. The van der Waals surface area contributed by atoms with E-state index >= 15 is 0 Å². The van der Waals surface area contributed by atoms with Gasteiger partial charge >= 0.3 is 11.9 Å². The number of nitrogens with two attached hydrogens (primary N) is 2. The van der Waals surface area contributed by atoms with Crippen LogP contribution in [0.15, 0.2) is 0 Å². The Balaban J connectivity index is 2.88. The van der Waals surface area contributed by atoms with E-state index in [1.54, 1.807) is 0 Å². The molecule has 28 heavy (non-hydrogen) atoms. The van der Waals surface area contributed by atoms with Gasteiger partial charge in [-0.1, -0.05) is 0 Å². The van der Waals surface area contributed by atoms with E-state index < -0.39 is 73.1 Å². The highest BCUT2D eigenvalue weighted by molar-refractivity contribution is 5.96. The maximum Gasteiger partial charge on any atom is 0.322 e. The number of rotatable bonds is 10. The molecule has 13 nitrogen and oxygen atoms in total. The second-order valence-electron chi connectivity index (χ2n) is 6.24. The fraction of sp³-hybridized carbons (Fsp3) is 0.600. The van der Waals surface area contributed by atoms with E-state index in [1.165, 1.54) is 0 Å². The Morgan fingerprint density at radius 1 is 1.07 bits per heavy atom. The molecule has 1 heterocycles. The summed E-state index contributed by atoms with van der Waals surface area (Å²) < 4.78 is 0. The molecule has 156 valence electrons. The van der Waals surface area contributed by atoms with Crippen LogP contribution in [0, 0.1) is 0 Å². The summed E-state index contributed by atoms with van der Waals surface area (Å²) in [5.74, 6) is -5.95. The van der Waals surface area contributed by atoms with Gasteiger partial charge in [0, 0.05) is 6.54 Å². The molecule has 1 saturated heterocycles. The molecular weight excluding hydrogens is 378 g/mol. The second kappa shape index (κ2) is 10.2. The van der Waals surface area contributed by atoms with Crippen molar-refractivity contribution in [3.05, 3.63) is 0 Å². The van der Waals surface area contributed by atoms with Crippen LogP contribution in [0.1, 0.15) is 25.7 Å². The molecule has 0 saturated carbocycles. The summed E-state index contributed by atoms with van der Waals surface area (Å²) in [5, 5.41) is 22.0. The zero-order valence-electron chi connectivity index (χ0n) is 14.9. The Labute approximate surface area is 159 Å². The second-order valence-corrected chi connectivity index (χ2v) is 6.24. The lowest BCUT2D eigenvalue weighted by Crippen LogP contribution is -2.56. The van der Waals surface area contributed by atoms with Gasteiger partial charge in [0.15, 0.2) is 0 Å². The van der Waals surface area contributed by atoms with Gasteiger partial charge in [-0.3, -0.25) is 28.8 Å². The number of primary amides is 1. The standard InChI is InChI=1S/C15H23N5O8/c16-7(4-10(17)21)13(26)19-8(5-11(22)23)15(28)20-3-1-2-9(20)14(27)18-6-12(24)25/h7-9H,1-6,16H2,(H2,17,21)(H,18,27)(H,19,26)(H,22,23)(H,24,25). The van der Waals surface area contributed by atoms with E-state index in [9.17, 15) is 28.8 Å². The van der Waals surface area contributed by atoms with Crippen molar-refractivity contribution in [2.45, 2.75) is 43.8 Å². The molecule has 1 aliphatic heterocycles. The molecule has 0 aliphatic carbocycles. The summed E-state index contributed by atoms with van der Waals surface area (Å²) in [5.41, 5.74) is 10.4. The smallest absolute Gasteiger partial charge is 0.322 e. The predicted octanol–water partition coefficient (Wildman–Crippen LogP) is -3.66. The first-order chi connectivity index (χ1) is 13.0. The number of carbonyl (C=O) groups excluding carboxylic acids is 4. The zero-order chi connectivity index (χ0) is 21.4. The van der Waals surface area contributed by atoms with Gasteiger partial charge in [-0.2, -0.15) is 0 Å². The van der Waals surface area contributed by atoms with Crippen molar-refractivity contribution < 1.29 is 39.0 Å². The van der Waals surface area contributed by atoms with E-state index in [-0.39, 0.29) is 13.0 Å². The average molecular weight is 401 g/mol. The number of nitrogens with one attached hydrogen (secondary N) is 2. The summed E-state index contributed by atoms with van der Waals surface area (Å²) >= 11 is 0. The highest BCUT2D eigenvalue weighted by Gasteiger charge is 2.38. The molecule has 0 aromatic rings. The molecule has 8 N–H and O–H groups in total. The number of carboxylic acid groups (broad SMARTS) is 2. The van der Waals surface area contributed by atoms with E-state index in [0.717, 1.165) is 4.90 Å². The van der Waals surface area contributed by atoms with Crippen LogP contribution in [0.4, 0.5) is 0 Å². The maximum atomic E-state index is 12.7. The molecule has 1 fully saturated rings. The number of amides is 4. The third-order valence-electron chi connectivity index (χ3n) is 4.00. The van der Waals surface area contributed by atoms with Gasteiger partial charge in [0.1, 0.15) is 18.6 Å². The minimum absolute atomic E-state index is 0.128. The molecule has 0 aromatic heterocycles. The number of hydrogen-bond acceptors (Lipinski definition) is 7. The highest BCUT2D eigenvalue weighted by atomic mass is 16.4. The Hall–Kier alpha value is -3.22. The SMILES string of the molecule is NC(=O)CC(N)C(=O)NC(CC(=O)O)C(=O)N1CCCC1C(=O)NCC(=O)O. The maximum absolute atomic E-state index is 12.7. The van der Waals surface area contributed by atoms with Crippen molar-refractivity contribution in [1.82, 2.24) is 15.5 Å². The molecule has 1 aliphatic rings. The summed E-state index contributed by atoms with van der Waals surface area (Å²) in [6, 6.07) is -3.87. The van der Waals surface area contributed by atoms with E-state index in [1.807, 2.05) is 0 Å². The Morgan fingerprint density at radius 3 is 2.25 bits per heavy atom. The zero-order valence-corrected chi connectivity index (χ0v) is 14.9. The summed E-state index contributed by atoms with van der Waals surface area (Å²) in [6.45, 7) is -0.502. The number of hydrogen-bond donors (Lipinski definition) is 6. The van der Waals surface area contributed by atoms with Crippen molar-refractivity contribution in [3.63, 3.8) is 0 Å². The lowest BCUT2D eigenvalue weighted by molar-refractivity contribution is -0.146. The van der Waals surface area contributed by atoms with Crippen molar-refractivity contribution >= 4 is 35.6 Å². The Bertz CT molecular complexity index is 667. The largest absolute Gasteiger partial charge is 0.481 e. The lowest BCUT2D eigenvalue weighted by atomic mass is 10.1. The summed E-state index contributed by atoms with van der Waals surface area (Å²) in [6.07, 6.45) is -0.574. The van der Waals surface area contributed by atoms with Crippen molar-refractivity contribution in [2.24, 2.45) is 11.5 Å². The van der Waals surface area contributed by atoms with Crippen LogP contribution >= 0.6 is 0 Å². The van der Waals surface area contributed by atoms with Crippen molar-refractivity contribution in [2.75, 3.05) is 13.1 Å². The normalized spacial score (nSPS) is 18.0. The van der Waals surface area contributed by atoms with E-state index in [4.69, 9.17) is 21.7 Å². The van der Waals surface area contributed by atoms with Gasteiger partial charge in [-0.25, -0.2) is 0 Å². The van der Waals surface area contributed by atoms with Gasteiger partial charge in [-0.05, 0) is 12.8 Å².